The number of benzene rings is 2. The predicted octanol–water partition coefficient (Wildman–Crippen LogP) is 4.17. The number of likely N-dealkylation sites (tertiary alicyclic amines) is 1. The highest BCUT2D eigenvalue weighted by molar-refractivity contribution is 6.36. The average molecular weight is 568 g/mol. The van der Waals surface area contributed by atoms with E-state index in [1.165, 1.54) is 12.8 Å². The summed E-state index contributed by atoms with van der Waals surface area (Å²) in [6.07, 6.45) is 6.98. The van der Waals surface area contributed by atoms with E-state index in [1.807, 2.05) is 55.5 Å². The average Bonchev–Trinajstić information content (AvgIpc) is 3.75. The van der Waals surface area contributed by atoms with Crippen molar-refractivity contribution in [3.8, 4) is 11.1 Å². The molecule has 1 aromatic heterocycles. The first-order valence-corrected chi connectivity index (χ1v) is 14.8. The number of hydrogen-bond acceptors (Lipinski definition) is 5. The van der Waals surface area contributed by atoms with Crippen LogP contribution in [0.3, 0.4) is 0 Å². The maximum absolute atomic E-state index is 13.2. The standard InChI is InChI=1S/C33H37N5O4/c1-22-27(33(41)38-15-17-42-18-16-38)21-35-29(22)20-26-30-25(9-5-10-28(30)36-32(26)40)23-7-4-8-24(19-23)31(39)34-11-6-14-37-12-2-3-13-37/h4-5,7-10,19-21,35H,2-3,6,11-18H2,1H3,(H,34,39)(H,36,40). The summed E-state index contributed by atoms with van der Waals surface area (Å²) in [5.41, 5.74) is 6.39. The van der Waals surface area contributed by atoms with Gasteiger partial charge in [-0.1, -0.05) is 24.3 Å². The Balaban J connectivity index is 1.23. The number of carbonyl (C=O) groups excluding carboxylic acids is 3. The number of morpholine rings is 1. The van der Waals surface area contributed by atoms with Gasteiger partial charge in [0.25, 0.3) is 17.7 Å². The van der Waals surface area contributed by atoms with Crippen molar-refractivity contribution in [2.75, 3.05) is 57.8 Å². The fourth-order valence-electron chi connectivity index (χ4n) is 6.03. The molecule has 0 radical (unpaired) electrons. The minimum Gasteiger partial charge on any atom is -0.378 e. The number of aromatic amines is 1. The van der Waals surface area contributed by atoms with Crippen molar-refractivity contribution in [1.29, 1.82) is 0 Å². The maximum Gasteiger partial charge on any atom is 0.256 e. The summed E-state index contributed by atoms with van der Waals surface area (Å²) in [6.45, 7) is 8.05. The lowest BCUT2D eigenvalue weighted by molar-refractivity contribution is -0.110. The van der Waals surface area contributed by atoms with Gasteiger partial charge in [-0.25, -0.2) is 0 Å². The van der Waals surface area contributed by atoms with E-state index >= 15 is 0 Å². The largest absolute Gasteiger partial charge is 0.378 e. The molecule has 2 aromatic carbocycles. The number of nitrogens with one attached hydrogen (secondary N) is 3. The van der Waals surface area contributed by atoms with Crippen LogP contribution in [0.2, 0.25) is 0 Å². The highest BCUT2D eigenvalue weighted by atomic mass is 16.5. The van der Waals surface area contributed by atoms with Crippen LogP contribution in [0.4, 0.5) is 5.69 Å². The molecule has 0 bridgehead atoms. The topological polar surface area (TPSA) is 107 Å². The first-order chi connectivity index (χ1) is 20.5. The highest BCUT2D eigenvalue weighted by Crippen LogP contribution is 2.41. The maximum atomic E-state index is 13.2. The summed E-state index contributed by atoms with van der Waals surface area (Å²) < 4.78 is 5.38. The van der Waals surface area contributed by atoms with E-state index in [0.717, 1.165) is 48.3 Å². The molecule has 3 aliphatic heterocycles. The molecule has 9 nitrogen and oxygen atoms in total. The van der Waals surface area contributed by atoms with Gasteiger partial charge in [-0.15, -0.1) is 0 Å². The van der Waals surface area contributed by atoms with Gasteiger partial charge >= 0.3 is 0 Å². The number of anilines is 1. The number of hydrogen-bond donors (Lipinski definition) is 3. The zero-order chi connectivity index (χ0) is 29.1. The Morgan fingerprint density at radius 2 is 1.83 bits per heavy atom. The van der Waals surface area contributed by atoms with E-state index in [2.05, 4.69) is 20.5 Å². The Kier molecular flexibility index (Phi) is 8.21. The van der Waals surface area contributed by atoms with Gasteiger partial charge in [0, 0.05) is 48.3 Å². The number of H-pyrrole nitrogens is 1. The monoisotopic (exact) mass is 567 g/mol. The van der Waals surface area contributed by atoms with Gasteiger partial charge in [-0.3, -0.25) is 14.4 Å². The Labute approximate surface area is 245 Å². The van der Waals surface area contributed by atoms with Crippen LogP contribution in [0.5, 0.6) is 0 Å². The van der Waals surface area contributed by atoms with Gasteiger partial charge in [0.05, 0.1) is 24.4 Å². The summed E-state index contributed by atoms with van der Waals surface area (Å²) in [6, 6.07) is 13.3. The molecule has 6 rings (SSSR count). The molecule has 9 heteroatoms. The third-order valence-electron chi connectivity index (χ3n) is 8.40. The lowest BCUT2D eigenvalue weighted by Gasteiger charge is -2.26. The third-order valence-corrected chi connectivity index (χ3v) is 8.40. The number of ether oxygens (including phenoxy) is 1. The second kappa shape index (κ2) is 12.3. The lowest BCUT2D eigenvalue weighted by Crippen LogP contribution is -2.40. The molecule has 0 aliphatic carbocycles. The molecule has 3 N–H and O–H groups in total. The molecule has 4 heterocycles. The van der Waals surface area contributed by atoms with Gasteiger partial charge in [0.15, 0.2) is 0 Å². The Bertz CT molecular complexity index is 1530. The summed E-state index contributed by atoms with van der Waals surface area (Å²) in [5, 5.41) is 6.04. The number of carbonyl (C=O) groups is 3. The van der Waals surface area contributed by atoms with Gasteiger partial charge < -0.3 is 30.2 Å². The lowest BCUT2D eigenvalue weighted by atomic mass is 9.93. The van der Waals surface area contributed by atoms with Crippen molar-refractivity contribution in [1.82, 2.24) is 20.1 Å². The van der Waals surface area contributed by atoms with Gasteiger partial charge in [0.2, 0.25) is 0 Å². The summed E-state index contributed by atoms with van der Waals surface area (Å²) >= 11 is 0. The number of nitrogens with zero attached hydrogens (tertiary/aromatic N) is 2. The summed E-state index contributed by atoms with van der Waals surface area (Å²) in [7, 11) is 0. The van der Waals surface area contributed by atoms with Crippen LogP contribution in [0.25, 0.3) is 22.8 Å². The highest BCUT2D eigenvalue weighted by Gasteiger charge is 2.29. The fraction of sp³-hybridized carbons (Fsp3) is 0.364. The second-order valence-corrected chi connectivity index (χ2v) is 11.1. The Morgan fingerprint density at radius 3 is 2.64 bits per heavy atom. The van der Waals surface area contributed by atoms with E-state index in [1.54, 1.807) is 11.1 Å². The van der Waals surface area contributed by atoms with Crippen LogP contribution < -0.4 is 10.6 Å². The normalized spacial score (nSPS) is 17.9. The number of fused-ring (bicyclic) bond motifs is 1. The third kappa shape index (κ3) is 5.75. The van der Waals surface area contributed by atoms with Crippen LogP contribution in [0, 0.1) is 6.92 Å². The van der Waals surface area contributed by atoms with E-state index in [0.29, 0.717) is 60.9 Å². The first kappa shape index (κ1) is 27.9. The molecule has 3 amide bonds. The van der Waals surface area contributed by atoms with Crippen molar-refractivity contribution in [3.05, 3.63) is 76.6 Å². The zero-order valence-corrected chi connectivity index (χ0v) is 24.0. The molecule has 2 fully saturated rings. The van der Waals surface area contributed by atoms with Crippen LogP contribution in [0.1, 0.15) is 56.8 Å². The minimum absolute atomic E-state index is 0.0419. The van der Waals surface area contributed by atoms with Crippen LogP contribution in [0.15, 0.2) is 48.7 Å². The molecular formula is C33H37N5O4. The molecule has 3 aromatic rings. The molecule has 3 aliphatic rings. The quantitative estimate of drug-likeness (QED) is 0.280. The Hall–Kier alpha value is -4.21. The van der Waals surface area contributed by atoms with Crippen LogP contribution in [-0.2, 0) is 9.53 Å². The molecule has 0 unspecified atom stereocenters. The molecule has 0 atom stereocenters. The summed E-state index contributed by atoms with van der Waals surface area (Å²) in [5.74, 6) is -0.352. The predicted molar refractivity (Wildman–Crippen MR) is 163 cm³/mol. The number of amides is 3. The van der Waals surface area contributed by atoms with E-state index in [4.69, 9.17) is 4.74 Å². The van der Waals surface area contributed by atoms with Gasteiger partial charge in [0.1, 0.15) is 0 Å². The molecule has 218 valence electrons. The van der Waals surface area contributed by atoms with Crippen molar-refractivity contribution in [3.63, 3.8) is 0 Å². The Morgan fingerprint density at radius 1 is 1.05 bits per heavy atom. The van der Waals surface area contributed by atoms with Crippen molar-refractivity contribution in [2.24, 2.45) is 0 Å². The molecular weight excluding hydrogens is 530 g/mol. The van der Waals surface area contributed by atoms with E-state index in [-0.39, 0.29) is 17.7 Å². The smallest absolute Gasteiger partial charge is 0.256 e. The zero-order valence-electron chi connectivity index (χ0n) is 24.0. The summed E-state index contributed by atoms with van der Waals surface area (Å²) in [4.78, 5) is 46.7. The minimum atomic E-state index is -0.209. The SMILES string of the molecule is Cc1c(C(=O)N2CCOCC2)c[nH]c1C=C1C(=O)Nc2cccc(-c3cccc(C(=O)NCCCN4CCCC4)c3)c21. The van der Waals surface area contributed by atoms with Gasteiger partial charge in [-0.2, -0.15) is 0 Å². The fourth-order valence-corrected chi connectivity index (χ4v) is 6.03. The van der Waals surface area contributed by atoms with E-state index in [9.17, 15) is 14.4 Å². The van der Waals surface area contributed by atoms with Crippen LogP contribution in [-0.4, -0.2) is 85.0 Å². The van der Waals surface area contributed by atoms with Crippen molar-refractivity contribution < 1.29 is 19.1 Å². The van der Waals surface area contributed by atoms with E-state index < -0.39 is 0 Å². The van der Waals surface area contributed by atoms with Gasteiger partial charge in [-0.05, 0) is 86.8 Å². The van der Waals surface area contributed by atoms with Crippen molar-refractivity contribution >= 4 is 35.1 Å². The number of aromatic nitrogens is 1. The van der Waals surface area contributed by atoms with Crippen LogP contribution >= 0.6 is 0 Å². The van der Waals surface area contributed by atoms with Crippen molar-refractivity contribution in [2.45, 2.75) is 26.2 Å². The molecule has 0 saturated carbocycles. The molecule has 2 saturated heterocycles. The molecule has 42 heavy (non-hydrogen) atoms. The molecule has 0 spiro atoms. The number of rotatable bonds is 8. The second-order valence-electron chi connectivity index (χ2n) is 11.1. The first-order valence-electron chi connectivity index (χ1n) is 14.8.